The fourth-order valence-electron chi connectivity index (χ4n) is 0.944. The van der Waals surface area contributed by atoms with Crippen molar-refractivity contribution >= 4 is 6.21 Å². The lowest BCUT2D eigenvalue weighted by Gasteiger charge is -1.97. The summed E-state index contributed by atoms with van der Waals surface area (Å²) in [6, 6.07) is 0. The van der Waals surface area contributed by atoms with E-state index in [9.17, 15) is 0 Å². The lowest BCUT2D eigenvalue weighted by Crippen LogP contribution is -2.09. The summed E-state index contributed by atoms with van der Waals surface area (Å²) in [5.41, 5.74) is 1.25. The van der Waals surface area contributed by atoms with Crippen LogP contribution < -0.4 is 5.32 Å². The molecule has 0 saturated carbocycles. The fourth-order valence-corrected chi connectivity index (χ4v) is 0.944. The van der Waals surface area contributed by atoms with Crippen molar-refractivity contribution in [2.24, 2.45) is 4.99 Å². The minimum absolute atomic E-state index is 0.891. The summed E-state index contributed by atoms with van der Waals surface area (Å²) in [4.78, 5) is 4.23. The first-order valence-electron chi connectivity index (χ1n) is 4.81. The van der Waals surface area contributed by atoms with Gasteiger partial charge in [-0.1, -0.05) is 19.1 Å². The molecule has 0 aliphatic carbocycles. The maximum Gasteiger partial charge on any atom is 0.0386 e. The van der Waals surface area contributed by atoms with Gasteiger partial charge in [0.15, 0.2) is 0 Å². The van der Waals surface area contributed by atoms with Gasteiger partial charge in [-0.15, -0.1) is 0 Å². The van der Waals surface area contributed by atoms with E-state index in [1.165, 1.54) is 5.57 Å². The molecule has 0 unspecified atom stereocenters. The summed E-state index contributed by atoms with van der Waals surface area (Å²) in [6.45, 7) is 5.95. The Kier molecular flexibility index (Phi) is 8.57. The zero-order chi connectivity index (χ0) is 9.94. The molecule has 0 atom stereocenters. The number of rotatable bonds is 6. The maximum absolute atomic E-state index is 4.23. The Morgan fingerprint density at radius 1 is 1.46 bits per heavy atom. The number of allylic oxidation sites excluding steroid dienone is 2. The lowest BCUT2D eigenvalue weighted by molar-refractivity contribution is 0.896. The van der Waals surface area contributed by atoms with Gasteiger partial charge in [0.1, 0.15) is 0 Å². The summed E-state index contributed by atoms with van der Waals surface area (Å²) in [5.74, 6) is 0. The molecule has 0 amide bonds. The zero-order valence-electron chi connectivity index (χ0n) is 8.88. The first-order valence-corrected chi connectivity index (χ1v) is 4.81. The number of nitrogens with one attached hydrogen (secondary N) is 1. The quantitative estimate of drug-likeness (QED) is 0.492. The van der Waals surface area contributed by atoms with Crippen LogP contribution in [0.1, 0.15) is 20.3 Å². The Bertz CT molecular complexity index is 190. The van der Waals surface area contributed by atoms with Gasteiger partial charge in [0, 0.05) is 19.3 Å². The molecule has 0 aromatic carbocycles. The molecule has 0 aromatic rings. The van der Waals surface area contributed by atoms with Crippen molar-refractivity contribution in [1.82, 2.24) is 5.32 Å². The summed E-state index contributed by atoms with van der Waals surface area (Å²) in [5, 5.41) is 3.11. The van der Waals surface area contributed by atoms with Crippen molar-refractivity contribution in [3.05, 3.63) is 23.8 Å². The average Bonchev–Trinajstić information content (AvgIpc) is 2.13. The SMILES string of the molecule is C/C=C/C(=C\C=N/CCC)CNC. The van der Waals surface area contributed by atoms with E-state index in [0.717, 1.165) is 19.5 Å². The Labute approximate surface area is 81.5 Å². The third kappa shape index (κ3) is 7.47. The van der Waals surface area contributed by atoms with Crippen LogP contribution in [-0.4, -0.2) is 26.4 Å². The summed E-state index contributed by atoms with van der Waals surface area (Å²) < 4.78 is 0. The topological polar surface area (TPSA) is 24.4 Å². The zero-order valence-corrected chi connectivity index (χ0v) is 8.88. The molecule has 0 aliphatic rings. The minimum atomic E-state index is 0.891. The number of hydrogen-bond acceptors (Lipinski definition) is 2. The predicted molar refractivity (Wildman–Crippen MR) is 60.5 cm³/mol. The summed E-state index contributed by atoms with van der Waals surface area (Å²) >= 11 is 0. The van der Waals surface area contributed by atoms with Crippen LogP contribution in [0.3, 0.4) is 0 Å². The highest BCUT2D eigenvalue weighted by Gasteiger charge is 1.86. The van der Waals surface area contributed by atoms with E-state index < -0.39 is 0 Å². The molecule has 0 heterocycles. The van der Waals surface area contributed by atoms with Gasteiger partial charge in [-0.2, -0.15) is 0 Å². The molecule has 1 N–H and O–H groups in total. The third-order valence-corrected chi connectivity index (χ3v) is 1.51. The maximum atomic E-state index is 4.23. The van der Waals surface area contributed by atoms with Crippen LogP contribution in [0.25, 0.3) is 0 Å². The van der Waals surface area contributed by atoms with Gasteiger partial charge in [-0.3, -0.25) is 4.99 Å². The molecule has 0 saturated heterocycles. The van der Waals surface area contributed by atoms with E-state index in [1.807, 2.05) is 32.3 Å². The van der Waals surface area contributed by atoms with Gasteiger partial charge in [0.25, 0.3) is 0 Å². The Morgan fingerprint density at radius 3 is 2.77 bits per heavy atom. The van der Waals surface area contributed by atoms with Gasteiger partial charge in [-0.25, -0.2) is 0 Å². The van der Waals surface area contributed by atoms with E-state index in [0.29, 0.717) is 0 Å². The first kappa shape index (κ1) is 12.1. The van der Waals surface area contributed by atoms with E-state index in [-0.39, 0.29) is 0 Å². The molecule has 2 nitrogen and oxygen atoms in total. The summed E-state index contributed by atoms with van der Waals surface area (Å²) in [7, 11) is 1.94. The Morgan fingerprint density at radius 2 is 2.23 bits per heavy atom. The minimum Gasteiger partial charge on any atom is -0.316 e. The van der Waals surface area contributed by atoms with Gasteiger partial charge in [-0.05, 0) is 32.0 Å². The standard InChI is InChI=1S/C11H20N2/c1-4-6-11(10-12-3)7-9-13-8-5-2/h4,6-7,9,12H,5,8,10H2,1-3H3/b6-4+,11-7+,13-9-. The molecule has 0 radical (unpaired) electrons. The molecule has 0 aromatic heterocycles. The van der Waals surface area contributed by atoms with E-state index in [1.54, 1.807) is 0 Å². The van der Waals surface area contributed by atoms with Crippen LogP contribution in [-0.2, 0) is 0 Å². The number of aliphatic imine (C=N–C) groups is 1. The van der Waals surface area contributed by atoms with Crippen LogP contribution >= 0.6 is 0 Å². The van der Waals surface area contributed by atoms with Crippen molar-refractivity contribution in [3.8, 4) is 0 Å². The average molecular weight is 180 g/mol. The number of nitrogens with zero attached hydrogens (tertiary/aromatic N) is 1. The normalized spacial score (nSPS) is 13.3. The highest BCUT2D eigenvalue weighted by Crippen LogP contribution is 1.93. The summed E-state index contributed by atoms with van der Waals surface area (Å²) in [6.07, 6.45) is 9.17. The molecule has 74 valence electrons. The molecule has 0 spiro atoms. The second-order valence-corrected chi connectivity index (χ2v) is 2.83. The van der Waals surface area contributed by atoms with Crippen LogP contribution in [0.15, 0.2) is 28.8 Å². The van der Waals surface area contributed by atoms with Gasteiger partial charge < -0.3 is 5.32 Å². The van der Waals surface area contributed by atoms with Gasteiger partial charge >= 0.3 is 0 Å². The Hall–Kier alpha value is -0.890. The monoisotopic (exact) mass is 180 g/mol. The van der Waals surface area contributed by atoms with Crippen LogP contribution in [0, 0.1) is 0 Å². The van der Waals surface area contributed by atoms with Crippen molar-refractivity contribution in [1.29, 1.82) is 0 Å². The number of hydrogen-bond donors (Lipinski definition) is 1. The van der Waals surface area contributed by atoms with E-state index >= 15 is 0 Å². The number of likely N-dealkylation sites (N-methyl/N-ethyl adjacent to an activating group) is 1. The highest BCUT2D eigenvalue weighted by atomic mass is 14.8. The third-order valence-electron chi connectivity index (χ3n) is 1.51. The van der Waals surface area contributed by atoms with Crippen LogP contribution in [0.2, 0.25) is 0 Å². The second-order valence-electron chi connectivity index (χ2n) is 2.83. The van der Waals surface area contributed by atoms with Gasteiger partial charge in [0.05, 0.1) is 0 Å². The largest absolute Gasteiger partial charge is 0.316 e. The van der Waals surface area contributed by atoms with Crippen molar-refractivity contribution in [2.75, 3.05) is 20.1 Å². The van der Waals surface area contributed by atoms with Crippen LogP contribution in [0.5, 0.6) is 0 Å². The van der Waals surface area contributed by atoms with Crippen molar-refractivity contribution in [2.45, 2.75) is 20.3 Å². The molecule has 0 aliphatic heterocycles. The molecule has 13 heavy (non-hydrogen) atoms. The van der Waals surface area contributed by atoms with E-state index in [2.05, 4.69) is 23.3 Å². The smallest absolute Gasteiger partial charge is 0.0386 e. The molecule has 0 fully saturated rings. The molecule has 0 rings (SSSR count). The lowest BCUT2D eigenvalue weighted by atomic mass is 10.2. The highest BCUT2D eigenvalue weighted by molar-refractivity contribution is 5.73. The first-order chi connectivity index (χ1) is 6.35. The Balaban J connectivity index is 4.02. The second kappa shape index (κ2) is 9.20. The molecule has 2 heteroatoms. The fraction of sp³-hybridized carbons (Fsp3) is 0.545. The van der Waals surface area contributed by atoms with Crippen LogP contribution in [0.4, 0.5) is 0 Å². The molecular formula is C11H20N2. The molecule has 0 bridgehead atoms. The van der Waals surface area contributed by atoms with Gasteiger partial charge in [0.2, 0.25) is 0 Å². The van der Waals surface area contributed by atoms with Crippen molar-refractivity contribution < 1.29 is 0 Å². The molecular weight excluding hydrogens is 160 g/mol. The predicted octanol–water partition coefficient (Wildman–Crippen LogP) is 2.19. The van der Waals surface area contributed by atoms with Crippen molar-refractivity contribution in [3.63, 3.8) is 0 Å². The van der Waals surface area contributed by atoms with E-state index in [4.69, 9.17) is 0 Å².